The number of aryl methyl sites for hydroxylation is 1. The van der Waals surface area contributed by atoms with E-state index in [4.69, 9.17) is 0 Å². The molecule has 1 heterocycles. The monoisotopic (exact) mass is 521 g/mol. The van der Waals surface area contributed by atoms with E-state index in [9.17, 15) is 9.59 Å². The van der Waals surface area contributed by atoms with Crippen molar-refractivity contribution in [2.45, 2.75) is 13.3 Å². The van der Waals surface area contributed by atoms with Gasteiger partial charge in [-0.2, -0.15) is 0 Å². The minimum atomic E-state index is -0.206. The highest BCUT2D eigenvalue weighted by molar-refractivity contribution is 9.10. The van der Waals surface area contributed by atoms with Crippen LogP contribution in [0.2, 0.25) is 0 Å². The molecule has 0 aliphatic rings. The molecular formula is C20H17Br2N3O2S. The molecule has 2 aromatic carbocycles. The van der Waals surface area contributed by atoms with Crippen LogP contribution in [0.25, 0.3) is 11.3 Å². The molecule has 0 bridgehead atoms. The SMILES string of the molecule is Cc1sc(NC(=O)CCNC(=O)c2ccc(Br)cc2)nc1-c1ccc(Br)cc1. The third-order valence-corrected chi connectivity index (χ3v) is 5.85. The number of thiazole rings is 1. The Morgan fingerprint density at radius 2 is 1.61 bits per heavy atom. The van der Waals surface area contributed by atoms with Crippen LogP contribution in [0, 0.1) is 6.92 Å². The fourth-order valence-electron chi connectivity index (χ4n) is 2.50. The van der Waals surface area contributed by atoms with Gasteiger partial charge in [-0.05, 0) is 43.3 Å². The van der Waals surface area contributed by atoms with Crippen molar-refractivity contribution in [1.29, 1.82) is 0 Å². The molecule has 0 fully saturated rings. The van der Waals surface area contributed by atoms with Crippen LogP contribution in [0.4, 0.5) is 5.13 Å². The molecule has 0 saturated heterocycles. The number of hydrogen-bond acceptors (Lipinski definition) is 4. The Labute approximate surface area is 183 Å². The lowest BCUT2D eigenvalue weighted by molar-refractivity contribution is -0.116. The molecule has 28 heavy (non-hydrogen) atoms. The second kappa shape index (κ2) is 9.45. The molecule has 144 valence electrons. The highest BCUT2D eigenvalue weighted by Gasteiger charge is 2.12. The largest absolute Gasteiger partial charge is 0.352 e. The molecule has 2 amide bonds. The third kappa shape index (κ3) is 5.50. The lowest BCUT2D eigenvalue weighted by Gasteiger charge is -2.05. The Morgan fingerprint density at radius 3 is 2.25 bits per heavy atom. The summed E-state index contributed by atoms with van der Waals surface area (Å²) >= 11 is 8.18. The summed E-state index contributed by atoms with van der Waals surface area (Å²) in [5, 5.41) is 6.11. The summed E-state index contributed by atoms with van der Waals surface area (Å²) in [5.41, 5.74) is 2.41. The number of carbonyl (C=O) groups excluding carboxylic acids is 2. The number of carbonyl (C=O) groups is 2. The first kappa shape index (κ1) is 20.7. The van der Waals surface area contributed by atoms with Crippen molar-refractivity contribution in [3.8, 4) is 11.3 Å². The van der Waals surface area contributed by atoms with Crippen molar-refractivity contribution in [1.82, 2.24) is 10.3 Å². The first-order valence-electron chi connectivity index (χ1n) is 8.49. The molecular weight excluding hydrogens is 506 g/mol. The molecule has 2 N–H and O–H groups in total. The van der Waals surface area contributed by atoms with Crippen LogP contribution in [0.15, 0.2) is 57.5 Å². The number of amides is 2. The quantitative estimate of drug-likeness (QED) is 0.455. The average Bonchev–Trinajstić information content (AvgIpc) is 3.02. The van der Waals surface area contributed by atoms with Crippen molar-refractivity contribution < 1.29 is 9.59 Å². The summed E-state index contributed by atoms with van der Waals surface area (Å²) < 4.78 is 1.91. The lowest BCUT2D eigenvalue weighted by Crippen LogP contribution is -2.27. The summed E-state index contributed by atoms with van der Waals surface area (Å²) in [6.45, 7) is 2.23. The maximum atomic E-state index is 12.2. The predicted molar refractivity (Wildman–Crippen MR) is 120 cm³/mol. The number of nitrogens with one attached hydrogen (secondary N) is 2. The molecule has 3 rings (SSSR count). The molecule has 5 nitrogen and oxygen atoms in total. The van der Waals surface area contributed by atoms with E-state index < -0.39 is 0 Å². The number of benzene rings is 2. The number of anilines is 1. The van der Waals surface area contributed by atoms with Crippen molar-refractivity contribution in [2.24, 2.45) is 0 Å². The van der Waals surface area contributed by atoms with E-state index in [1.165, 1.54) is 11.3 Å². The van der Waals surface area contributed by atoms with Gasteiger partial charge in [0, 0.05) is 37.9 Å². The fraction of sp³-hybridized carbons (Fsp3) is 0.150. The summed E-state index contributed by atoms with van der Waals surface area (Å²) in [7, 11) is 0. The van der Waals surface area contributed by atoms with Gasteiger partial charge >= 0.3 is 0 Å². The molecule has 8 heteroatoms. The van der Waals surface area contributed by atoms with E-state index in [0.717, 1.165) is 25.1 Å². The predicted octanol–water partition coefficient (Wildman–Crippen LogP) is 5.40. The van der Waals surface area contributed by atoms with E-state index in [-0.39, 0.29) is 24.8 Å². The minimum Gasteiger partial charge on any atom is -0.352 e. The van der Waals surface area contributed by atoms with E-state index in [2.05, 4.69) is 47.5 Å². The zero-order valence-electron chi connectivity index (χ0n) is 15.0. The molecule has 0 saturated carbocycles. The zero-order chi connectivity index (χ0) is 20.1. The Morgan fingerprint density at radius 1 is 1.00 bits per heavy atom. The van der Waals surface area contributed by atoms with Crippen LogP contribution >= 0.6 is 43.2 Å². The summed E-state index contributed by atoms with van der Waals surface area (Å²) in [4.78, 5) is 29.8. The van der Waals surface area contributed by atoms with Crippen molar-refractivity contribution in [3.05, 3.63) is 67.9 Å². The maximum absolute atomic E-state index is 12.2. The van der Waals surface area contributed by atoms with Gasteiger partial charge in [-0.3, -0.25) is 9.59 Å². The summed E-state index contributed by atoms with van der Waals surface area (Å²) in [5.74, 6) is -0.393. The molecule has 0 atom stereocenters. The van der Waals surface area contributed by atoms with Crippen LogP contribution in [0.1, 0.15) is 21.7 Å². The molecule has 0 aliphatic carbocycles. The van der Waals surface area contributed by atoms with Crippen LogP contribution in [0.3, 0.4) is 0 Å². The molecule has 1 aromatic heterocycles. The number of hydrogen-bond donors (Lipinski definition) is 2. The zero-order valence-corrected chi connectivity index (χ0v) is 18.9. The van der Waals surface area contributed by atoms with E-state index in [1.54, 1.807) is 24.3 Å². The van der Waals surface area contributed by atoms with E-state index in [0.29, 0.717) is 10.7 Å². The fourth-order valence-corrected chi connectivity index (χ4v) is 3.88. The number of nitrogens with zero attached hydrogens (tertiary/aromatic N) is 1. The molecule has 0 spiro atoms. The standard InChI is InChI=1S/C20H17Br2N3O2S/c1-12-18(13-2-6-15(21)7-3-13)25-20(28-12)24-17(26)10-11-23-19(27)14-4-8-16(22)9-5-14/h2-9H,10-11H2,1H3,(H,23,27)(H,24,25,26). The third-order valence-electron chi connectivity index (χ3n) is 3.90. The van der Waals surface area contributed by atoms with Crippen LogP contribution in [-0.4, -0.2) is 23.3 Å². The normalized spacial score (nSPS) is 10.5. The van der Waals surface area contributed by atoms with Crippen molar-refractivity contribution in [3.63, 3.8) is 0 Å². The minimum absolute atomic E-state index is 0.175. The van der Waals surface area contributed by atoms with Gasteiger partial charge < -0.3 is 10.6 Å². The highest BCUT2D eigenvalue weighted by Crippen LogP contribution is 2.31. The smallest absolute Gasteiger partial charge is 0.251 e. The second-order valence-corrected chi connectivity index (χ2v) is 9.03. The van der Waals surface area contributed by atoms with Gasteiger partial charge in [0.2, 0.25) is 5.91 Å². The van der Waals surface area contributed by atoms with Crippen LogP contribution < -0.4 is 10.6 Å². The van der Waals surface area contributed by atoms with Gasteiger partial charge in [-0.25, -0.2) is 4.98 Å². The van der Waals surface area contributed by atoms with Crippen LogP contribution in [0.5, 0.6) is 0 Å². The Hall–Kier alpha value is -2.03. The Balaban J connectivity index is 1.52. The number of halogens is 2. The van der Waals surface area contributed by atoms with Gasteiger partial charge in [0.1, 0.15) is 0 Å². The highest BCUT2D eigenvalue weighted by atomic mass is 79.9. The topological polar surface area (TPSA) is 71.1 Å². The average molecular weight is 523 g/mol. The summed E-state index contributed by atoms with van der Waals surface area (Å²) in [6.07, 6.45) is 0.175. The first-order chi connectivity index (χ1) is 13.4. The van der Waals surface area contributed by atoms with Gasteiger partial charge in [-0.1, -0.05) is 44.0 Å². The maximum Gasteiger partial charge on any atom is 0.251 e. The van der Waals surface area contributed by atoms with Gasteiger partial charge in [0.15, 0.2) is 5.13 Å². The van der Waals surface area contributed by atoms with Crippen molar-refractivity contribution >= 4 is 60.1 Å². The Kier molecular flexibility index (Phi) is 6.98. The number of aromatic nitrogens is 1. The lowest BCUT2D eigenvalue weighted by atomic mass is 10.1. The second-order valence-electron chi connectivity index (χ2n) is 5.99. The molecule has 0 unspecified atom stereocenters. The van der Waals surface area contributed by atoms with Gasteiger partial charge in [0.05, 0.1) is 5.69 Å². The first-order valence-corrected chi connectivity index (χ1v) is 10.9. The van der Waals surface area contributed by atoms with Gasteiger partial charge in [0.25, 0.3) is 5.91 Å². The van der Waals surface area contributed by atoms with Crippen LogP contribution in [-0.2, 0) is 4.79 Å². The van der Waals surface area contributed by atoms with E-state index >= 15 is 0 Å². The number of rotatable bonds is 6. The molecule has 0 radical (unpaired) electrons. The van der Waals surface area contributed by atoms with E-state index in [1.807, 2.05) is 31.2 Å². The molecule has 0 aliphatic heterocycles. The molecule has 3 aromatic rings. The Bertz CT molecular complexity index is 986. The van der Waals surface area contributed by atoms with Gasteiger partial charge in [-0.15, -0.1) is 11.3 Å². The summed E-state index contributed by atoms with van der Waals surface area (Å²) in [6, 6.07) is 14.9. The van der Waals surface area contributed by atoms with Crippen molar-refractivity contribution in [2.75, 3.05) is 11.9 Å².